The molecule has 1 N–H and O–H groups in total. The van der Waals surface area contributed by atoms with Crippen molar-refractivity contribution < 1.29 is 4.79 Å². The normalized spacial score (nSPS) is 15.1. The van der Waals surface area contributed by atoms with E-state index in [1.54, 1.807) is 6.33 Å². The van der Waals surface area contributed by atoms with Crippen LogP contribution in [0, 0.1) is 11.3 Å². The van der Waals surface area contributed by atoms with Gasteiger partial charge in [0.05, 0.1) is 24.0 Å². The zero-order valence-corrected chi connectivity index (χ0v) is 21.2. The molecule has 37 heavy (non-hydrogen) atoms. The van der Waals surface area contributed by atoms with E-state index in [0.717, 1.165) is 23.4 Å². The molecule has 1 amide bonds. The monoisotopic (exact) mass is 509 g/mol. The van der Waals surface area contributed by atoms with Gasteiger partial charge < -0.3 is 9.88 Å². The van der Waals surface area contributed by atoms with Gasteiger partial charge in [-0.3, -0.25) is 9.69 Å². The van der Waals surface area contributed by atoms with Gasteiger partial charge in [-0.1, -0.05) is 60.1 Å². The number of hydrogen-bond donors (Lipinski definition) is 1. The molecule has 0 saturated carbocycles. The summed E-state index contributed by atoms with van der Waals surface area (Å²) >= 11 is 6.07. The maximum Gasteiger partial charge on any atom is 0.237 e. The number of nitrogens with one attached hydrogen (secondary N) is 1. The summed E-state index contributed by atoms with van der Waals surface area (Å²) in [5.41, 5.74) is 6.43. The Bertz CT molecular complexity index is 1410. The summed E-state index contributed by atoms with van der Waals surface area (Å²) in [7, 11) is 0. The van der Waals surface area contributed by atoms with E-state index >= 15 is 0 Å². The van der Waals surface area contributed by atoms with Gasteiger partial charge in [0.2, 0.25) is 5.91 Å². The van der Waals surface area contributed by atoms with Crippen LogP contribution in [-0.4, -0.2) is 32.9 Å². The second kappa shape index (κ2) is 11.4. The van der Waals surface area contributed by atoms with Gasteiger partial charge in [0.25, 0.3) is 0 Å². The highest BCUT2D eigenvalue weighted by atomic mass is 35.5. The predicted molar refractivity (Wildman–Crippen MR) is 144 cm³/mol. The number of aromatic nitrogens is 2. The summed E-state index contributed by atoms with van der Waals surface area (Å²) in [6.07, 6.45) is 5.02. The summed E-state index contributed by atoms with van der Waals surface area (Å²) in [5, 5.41) is 12.9. The lowest BCUT2D eigenvalue weighted by Crippen LogP contribution is -2.50. The predicted octanol–water partition coefficient (Wildman–Crippen LogP) is 4.74. The highest BCUT2D eigenvalue weighted by Crippen LogP contribution is 2.25. The third-order valence-corrected chi connectivity index (χ3v) is 7.11. The fraction of sp³-hybridized carbons (Fsp3) is 0.233. The molecule has 6 nitrogen and oxygen atoms in total. The fourth-order valence-electron chi connectivity index (χ4n) is 4.84. The maximum atomic E-state index is 13.4. The fourth-order valence-corrected chi connectivity index (χ4v) is 4.96. The number of rotatable bonds is 8. The van der Waals surface area contributed by atoms with Gasteiger partial charge in [-0.15, -0.1) is 0 Å². The Hall–Kier alpha value is -3.92. The Morgan fingerprint density at radius 1 is 1.00 bits per heavy atom. The number of amides is 1. The average Bonchev–Trinajstić information content (AvgIpc) is 3.36. The lowest BCUT2D eigenvalue weighted by molar-refractivity contribution is -0.127. The highest BCUT2D eigenvalue weighted by molar-refractivity contribution is 6.30. The quantitative estimate of drug-likeness (QED) is 0.372. The van der Waals surface area contributed by atoms with E-state index in [1.807, 2.05) is 60.8 Å². The summed E-state index contributed by atoms with van der Waals surface area (Å²) in [6, 6.07) is 25.7. The minimum Gasteiger partial charge on any atom is -0.354 e. The Morgan fingerprint density at radius 2 is 1.70 bits per heavy atom. The standard InChI is InChI=1S/C30H28ClN5O/c31-27-11-9-24(10-12-27)18-35-20-26-4-2-1-3-25(26)15-29(35)30(37)34-14-13-28-17-33-21-36(28)19-23-7-5-22(16-32)6-8-23/h1-12,17,21,29H,13-15,18-20H2,(H,34,37). The van der Waals surface area contributed by atoms with E-state index in [2.05, 4.69) is 44.0 Å². The first kappa shape index (κ1) is 24.8. The molecule has 0 bridgehead atoms. The largest absolute Gasteiger partial charge is 0.354 e. The first-order valence-electron chi connectivity index (χ1n) is 12.4. The van der Waals surface area contributed by atoms with Crippen LogP contribution in [0.1, 0.15) is 33.5 Å². The van der Waals surface area contributed by atoms with Crippen LogP contribution in [0.5, 0.6) is 0 Å². The maximum absolute atomic E-state index is 13.4. The Morgan fingerprint density at radius 3 is 2.46 bits per heavy atom. The second-order valence-corrected chi connectivity index (χ2v) is 9.82. The van der Waals surface area contributed by atoms with Crippen molar-refractivity contribution in [3.8, 4) is 6.07 Å². The smallest absolute Gasteiger partial charge is 0.237 e. The van der Waals surface area contributed by atoms with Crippen LogP contribution >= 0.6 is 11.6 Å². The number of carbonyl (C=O) groups is 1. The molecule has 0 fully saturated rings. The van der Waals surface area contributed by atoms with Gasteiger partial charge in [0, 0.05) is 49.5 Å². The Kier molecular flexibility index (Phi) is 7.65. The summed E-state index contributed by atoms with van der Waals surface area (Å²) in [5.74, 6) is 0.0432. The van der Waals surface area contributed by atoms with Crippen molar-refractivity contribution in [3.05, 3.63) is 124 Å². The minimum atomic E-state index is -0.242. The van der Waals surface area contributed by atoms with Crippen molar-refractivity contribution in [2.75, 3.05) is 6.54 Å². The van der Waals surface area contributed by atoms with Gasteiger partial charge >= 0.3 is 0 Å². The Labute approximate surface area is 222 Å². The molecule has 2 heterocycles. The van der Waals surface area contributed by atoms with Crippen molar-refractivity contribution in [1.29, 1.82) is 5.26 Å². The molecule has 1 aliphatic heterocycles. The van der Waals surface area contributed by atoms with Gasteiger partial charge in [0.1, 0.15) is 0 Å². The van der Waals surface area contributed by atoms with Gasteiger partial charge in [-0.05, 0) is 52.9 Å². The second-order valence-electron chi connectivity index (χ2n) is 9.38. The molecule has 4 aromatic rings. The van der Waals surface area contributed by atoms with E-state index < -0.39 is 0 Å². The number of imidazole rings is 1. The van der Waals surface area contributed by atoms with Crippen molar-refractivity contribution in [1.82, 2.24) is 19.8 Å². The SMILES string of the molecule is N#Cc1ccc(Cn2cncc2CCNC(=O)C2Cc3ccccc3CN2Cc2ccc(Cl)cc2)cc1. The van der Waals surface area contributed by atoms with Crippen molar-refractivity contribution in [2.45, 2.75) is 38.5 Å². The molecular weight excluding hydrogens is 482 g/mol. The molecule has 0 spiro atoms. The average molecular weight is 510 g/mol. The third-order valence-electron chi connectivity index (χ3n) is 6.86. The minimum absolute atomic E-state index is 0.0432. The molecule has 1 atom stereocenters. The molecule has 0 saturated heterocycles. The van der Waals surface area contributed by atoms with Gasteiger partial charge in [0.15, 0.2) is 0 Å². The van der Waals surface area contributed by atoms with E-state index in [4.69, 9.17) is 16.9 Å². The number of halogens is 1. The number of hydrogen-bond acceptors (Lipinski definition) is 4. The van der Waals surface area contributed by atoms with E-state index in [9.17, 15) is 4.79 Å². The molecule has 1 aromatic heterocycles. The molecular formula is C30H28ClN5O. The van der Waals surface area contributed by atoms with Crippen LogP contribution < -0.4 is 5.32 Å². The van der Waals surface area contributed by atoms with E-state index in [0.29, 0.717) is 43.1 Å². The zero-order valence-electron chi connectivity index (χ0n) is 20.5. The number of nitriles is 1. The van der Waals surface area contributed by atoms with Crippen molar-refractivity contribution in [3.63, 3.8) is 0 Å². The van der Waals surface area contributed by atoms with Crippen LogP contribution in [0.2, 0.25) is 5.02 Å². The lowest BCUT2D eigenvalue weighted by Gasteiger charge is -2.36. The number of fused-ring (bicyclic) bond motifs is 1. The van der Waals surface area contributed by atoms with Crippen molar-refractivity contribution in [2.24, 2.45) is 0 Å². The summed E-state index contributed by atoms with van der Waals surface area (Å²) < 4.78 is 2.08. The number of carbonyl (C=O) groups excluding carboxylic acids is 1. The molecule has 7 heteroatoms. The van der Waals surface area contributed by atoms with Crippen molar-refractivity contribution >= 4 is 17.5 Å². The van der Waals surface area contributed by atoms with Crippen LogP contribution in [0.15, 0.2) is 85.3 Å². The number of nitrogens with zero attached hydrogens (tertiary/aromatic N) is 4. The molecule has 1 unspecified atom stereocenters. The number of benzene rings is 3. The summed E-state index contributed by atoms with van der Waals surface area (Å²) in [6.45, 7) is 2.61. The van der Waals surface area contributed by atoms with E-state index in [1.165, 1.54) is 11.1 Å². The van der Waals surface area contributed by atoms with Crippen LogP contribution in [0.25, 0.3) is 0 Å². The first-order chi connectivity index (χ1) is 18.1. The molecule has 186 valence electrons. The highest BCUT2D eigenvalue weighted by Gasteiger charge is 2.31. The van der Waals surface area contributed by atoms with Gasteiger partial charge in [-0.2, -0.15) is 5.26 Å². The first-order valence-corrected chi connectivity index (χ1v) is 12.8. The molecule has 1 aliphatic rings. The zero-order chi connectivity index (χ0) is 25.6. The topological polar surface area (TPSA) is 74.0 Å². The molecule has 0 radical (unpaired) electrons. The lowest BCUT2D eigenvalue weighted by atomic mass is 9.93. The van der Waals surface area contributed by atoms with Crippen LogP contribution in [0.3, 0.4) is 0 Å². The van der Waals surface area contributed by atoms with E-state index in [-0.39, 0.29) is 11.9 Å². The van der Waals surface area contributed by atoms with Crippen LogP contribution in [-0.2, 0) is 37.3 Å². The molecule has 0 aliphatic carbocycles. The molecule has 3 aromatic carbocycles. The summed E-state index contributed by atoms with van der Waals surface area (Å²) in [4.78, 5) is 20.0. The third kappa shape index (κ3) is 6.08. The van der Waals surface area contributed by atoms with Crippen LogP contribution in [0.4, 0.5) is 0 Å². The van der Waals surface area contributed by atoms with Gasteiger partial charge in [-0.25, -0.2) is 4.98 Å². The molecule has 5 rings (SSSR count). The Balaban J connectivity index is 1.23.